The number of aromatic hydroxyl groups is 1. The van der Waals surface area contributed by atoms with Crippen LogP contribution in [0.5, 0.6) is 5.75 Å². The molecule has 0 saturated heterocycles. The summed E-state index contributed by atoms with van der Waals surface area (Å²) in [7, 11) is 0. The fourth-order valence-electron chi connectivity index (χ4n) is 7.15. The van der Waals surface area contributed by atoms with E-state index in [-0.39, 0.29) is 11.2 Å². The van der Waals surface area contributed by atoms with Gasteiger partial charge in [0, 0.05) is 11.8 Å². The van der Waals surface area contributed by atoms with E-state index in [4.69, 9.17) is 0 Å². The summed E-state index contributed by atoms with van der Waals surface area (Å²) < 4.78 is 0. The Hall–Kier alpha value is -2.05. The number of hydrogen-bond acceptors (Lipinski definition) is 3. The molecule has 4 aliphatic carbocycles. The molecule has 3 nitrogen and oxygen atoms in total. The molecule has 3 saturated carbocycles. The lowest BCUT2D eigenvalue weighted by molar-refractivity contribution is -0.116. The number of ketones is 1. The summed E-state index contributed by atoms with van der Waals surface area (Å²) in [5.74, 6) is 9.12. The van der Waals surface area contributed by atoms with Crippen molar-refractivity contribution in [3.8, 4) is 17.6 Å². The predicted octanol–water partition coefficient (Wildman–Crippen LogP) is 4.62. The van der Waals surface area contributed by atoms with E-state index in [1.54, 1.807) is 18.2 Å². The average Bonchev–Trinajstić information content (AvgIpc) is 2.98. The Morgan fingerprint density at radius 3 is 2.69 bits per heavy atom. The predicted molar refractivity (Wildman–Crippen MR) is 112 cm³/mol. The van der Waals surface area contributed by atoms with Gasteiger partial charge in [-0.3, -0.25) is 4.79 Å². The van der Waals surface area contributed by atoms with Gasteiger partial charge in [-0.1, -0.05) is 36.5 Å². The number of rotatable bonds is 0. The van der Waals surface area contributed by atoms with Crippen molar-refractivity contribution < 1.29 is 15.0 Å². The van der Waals surface area contributed by atoms with Gasteiger partial charge in [-0.25, -0.2) is 0 Å². The summed E-state index contributed by atoms with van der Waals surface area (Å²) in [5.41, 5.74) is 0.792. The molecule has 6 atom stereocenters. The number of benzene rings is 1. The van der Waals surface area contributed by atoms with Crippen molar-refractivity contribution >= 4 is 5.78 Å². The second-order valence-corrected chi connectivity index (χ2v) is 9.93. The molecule has 2 N–H and O–H groups in total. The van der Waals surface area contributed by atoms with E-state index in [0.717, 1.165) is 38.5 Å². The zero-order valence-electron chi connectivity index (χ0n) is 17.2. The quantitative estimate of drug-likeness (QED) is 0.636. The summed E-state index contributed by atoms with van der Waals surface area (Å²) in [4.78, 5) is 11.9. The van der Waals surface area contributed by atoms with Gasteiger partial charge >= 0.3 is 0 Å². The molecule has 0 heterocycles. The number of phenols is 1. The highest BCUT2D eigenvalue weighted by Gasteiger charge is 2.62. The van der Waals surface area contributed by atoms with Crippen LogP contribution in [0, 0.1) is 40.9 Å². The van der Waals surface area contributed by atoms with Crippen LogP contribution in [0.15, 0.2) is 35.9 Å². The van der Waals surface area contributed by atoms with Gasteiger partial charge in [-0.2, -0.15) is 0 Å². The van der Waals surface area contributed by atoms with Gasteiger partial charge in [0.25, 0.3) is 0 Å². The number of allylic oxidation sites excluding steroid dienone is 1. The molecule has 5 rings (SSSR count). The molecule has 1 unspecified atom stereocenters. The van der Waals surface area contributed by atoms with Gasteiger partial charge in [0.05, 0.1) is 5.56 Å². The molecule has 3 heteroatoms. The maximum Gasteiger partial charge on any atom is 0.155 e. The highest BCUT2D eigenvalue weighted by atomic mass is 16.3. The maximum atomic E-state index is 11.9. The van der Waals surface area contributed by atoms with E-state index >= 15 is 0 Å². The Balaban J connectivity index is 1.43. The van der Waals surface area contributed by atoms with E-state index in [0.29, 0.717) is 47.9 Å². The molecule has 1 aromatic rings. The Bertz CT molecular complexity index is 935. The molecule has 1 aromatic carbocycles. The van der Waals surface area contributed by atoms with Gasteiger partial charge in [0.1, 0.15) is 11.4 Å². The van der Waals surface area contributed by atoms with Crippen molar-refractivity contribution in [3.05, 3.63) is 41.5 Å². The third kappa shape index (κ3) is 2.88. The Morgan fingerprint density at radius 1 is 1.03 bits per heavy atom. The van der Waals surface area contributed by atoms with Crippen molar-refractivity contribution in [2.24, 2.45) is 29.1 Å². The van der Waals surface area contributed by atoms with E-state index < -0.39 is 5.60 Å². The molecule has 0 aliphatic heterocycles. The lowest BCUT2D eigenvalue weighted by Crippen LogP contribution is -2.52. The summed E-state index contributed by atoms with van der Waals surface area (Å²) in [6, 6.07) is 7.09. The first-order chi connectivity index (χ1) is 13.9. The highest BCUT2D eigenvalue weighted by molar-refractivity contribution is 5.91. The number of carbonyl (C=O) groups is 1. The van der Waals surface area contributed by atoms with Crippen molar-refractivity contribution in [2.75, 3.05) is 0 Å². The number of carbonyl (C=O) groups excluding carboxylic acids is 1. The molecule has 29 heavy (non-hydrogen) atoms. The first-order valence-corrected chi connectivity index (χ1v) is 11.2. The molecule has 4 aliphatic rings. The minimum absolute atomic E-state index is 0.172. The summed E-state index contributed by atoms with van der Waals surface area (Å²) in [5, 5.41) is 21.7. The number of phenolic OH excluding ortho intramolecular Hbond substituents is 1. The molecular weight excluding hydrogens is 360 g/mol. The smallest absolute Gasteiger partial charge is 0.155 e. The topological polar surface area (TPSA) is 57.5 Å². The minimum Gasteiger partial charge on any atom is -0.507 e. The van der Waals surface area contributed by atoms with Crippen molar-refractivity contribution in [1.29, 1.82) is 0 Å². The third-order valence-corrected chi connectivity index (χ3v) is 8.76. The summed E-state index contributed by atoms with van der Waals surface area (Å²) in [6.07, 6.45) is 9.70. The fourth-order valence-corrected chi connectivity index (χ4v) is 7.15. The average molecular weight is 391 g/mol. The van der Waals surface area contributed by atoms with Crippen molar-refractivity contribution in [1.82, 2.24) is 0 Å². The van der Waals surface area contributed by atoms with Gasteiger partial charge < -0.3 is 10.2 Å². The first kappa shape index (κ1) is 18.9. The first-order valence-electron chi connectivity index (χ1n) is 11.2. The largest absolute Gasteiger partial charge is 0.507 e. The number of aliphatic hydroxyl groups is 1. The Morgan fingerprint density at radius 2 is 1.86 bits per heavy atom. The zero-order chi connectivity index (χ0) is 20.2. The summed E-state index contributed by atoms with van der Waals surface area (Å²) >= 11 is 0. The molecule has 0 spiro atoms. The van der Waals surface area contributed by atoms with Gasteiger partial charge in [0.15, 0.2) is 5.78 Å². The van der Waals surface area contributed by atoms with Gasteiger partial charge in [0.2, 0.25) is 0 Å². The van der Waals surface area contributed by atoms with Gasteiger partial charge in [-0.15, -0.1) is 0 Å². The van der Waals surface area contributed by atoms with Crippen LogP contribution in [-0.4, -0.2) is 21.6 Å². The Labute approximate surface area is 173 Å². The SMILES string of the molecule is C[C@]12CC[C@@H]3[C@@H](CCC4=CC(=O)CC[C@@H]43)[C@H]1CCC2(O)C#Cc1ccccc1O. The number of para-hydroxylation sites is 1. The van der Waals surface area contributed by atoms with E-state index in [1.807, 2.05) is 12.1 Å². The standard InChI is InChI=1S/C26H30O3/c1-25-13-11-21-20-9-7-19(27)16-18(20)6-8-22(21)23(25)12-15-26(25,29)14-10-17-4-2-3-5-24(17)28/h2-5,16,20-23,28-29H,6-9,11-13,15H2,1H3/t20-,21-,22+,23+,25-,26?/m0/s1. The van der Waals surface area contributed by atoms with E-state index in [9.17, 15) is 15.0 Å². The second-order valence-electron chi connectivity index (χ2n) is 9.93. The van der Waals surface area contributed by atoms with Crippen LogP contribution < -0.4 is 0 Å². The molecule has 0 radical (unpaired) electrons. The fraction of sp³-hybridized carbons (Fsp3) is 0.577. The Kier molecular flexibility index (Phi) is 4.40. The van der Waals surface area contributed by atoms with Crippen LogP contribution in [0.2, 0.25) is 0 Å². The van der Waals surface area contributed by atoms with Crippen LogP contribution >= 0.6 is 0 Å². The molecule has 0 aromatic heterocycles. The molecule has 3 fully saturated rings. The van der Waals surface area contributed by atoms with Crippen LogP contribution in [-0.2, 0) is 4.79 Å². The maximum absolute atomic E-state index is 11.9. The minimum atomic E-state index is -0.996. The van der Waals surface area contributed by atoms with Crippen LogP contribution in [0.25, 0.3) is 0 Å². The highest BCUT2D eigenvalue weighted by Crippen LogP contribution is 2.64. The van der Waals surface area contributed by atoms with Crippen LogP contribution in [0.1, 0.15) is 63.9 Å². The normalized spacial score (nSPS) is 40.8. The van der Waals surface area contributed by atoms with Crippen LogP contribution in [0.3, 0.4) is 0 Å². The molecular formula is C26H30O3. The molecule has 0 amide bonds. The van der Waals surface area contributed by atoms with E-state index in [2.05, 4.69) is 18.8 Å². The van der Waals surface area contributed by atoms with E-state index in [1.165, 1.54) is 5.57 Å². The second kappa shape index (κ2) is 6.74. The molecule has 152 valence electrons. The van der Waals surface area contributed by atoms with Crippen molar-refractivity contribution in [3.63, 3.8) is 0 Å². The lowest BCUT2D eigenvalue weighted by atomic mass is 9.50. The van der Waals surface area contributed by atoms with Crippen molar-refractivity contribution in [2.45, 2.75) is 63.9 Å². The van der Waals surface area contributed by atoms with Crippen LogP contribution in [0.4, 0.5) is 0 Å². The molecule has 0 bridgehead atoms. The summed E-state index contributed by atoms with van der Waals surface area (Å²) in [6.45, 7) is 2.25. The zero-order valence-corrected chi connectivity index (χ0v) is 17.2. The number of hydrogen-bond donors (Lipinski definition) is 2. The third-order valence-electron chi connectivity index (χ3n) is 8.76. The lowest BCUT2D eigenvalue weighted by Gasteiger charge is -2.54. The number of fused-ring (bicyclic) bond motifs is 5. The van der Waals surface area contributed by atoms with Gasteiger partial charge in [-0.05, 0) is 86.8 Å². The monoisotopic (exact) mass is 390 g/mol.